The van der Waals surface area contributed by atoms with E-state index in [2.05, 4.69) is 204 Å². The number of benzene rings is 3. The van der Waals surface area contributed by atoms with Gasteiger partial charge in [-0.25, -0.2) is 9.97 Å². The number of aryl methyl sites for hydroxylation is 10. The lowest BCUT2D eigenvalue weighted by molar-refractivity contribution is -0.144. The van der Waals surface area contributed by atoms with Crippen LogP contribution in [-0.4, -0.2) is 140 Å². The number of unbranched alkanes of at least 4 members (excludes halogenated alkanes) is 2. The fourth-order valence-corrected chi connectivity index (χ4v) is 7.40. The molecule has 8 aromatic heterocycles. The summed E-state index contributed by atoms with van der Waals surface area (Å²) in [6.07, 6.45) is 23.5. The maximum atomic E-state index is 12.0. The van der Waals surface area contributed by atoms with Gasteiger partial charge in [-0.3, -0.25) is 18.4 Å². The number of aromatic nitrogens is 15. The van der Waals surface area contributed by atoms with E-state index in [9.17, 15) is 30.7 Å². The molecule has 0 spiro atoms. The lowest BCUT2D eigenvalue weighted by atomic mass is 10.2. The summed E-state index contributed by atoms with van der Waals surface area (Å²) in [6.45, 7) is 13.7. The van der Waals surface area contributed by atoms with Crippen LogP contribution in [0.25, 0.3) is 21.9 Å². The van der Waals surface area contributed by atoms with Gasteiger partial charge in [-0.2, -0.15) is 65.2 Å². The second-order valence-electron chi connectivity index (χ2n) is 19.8. The van der Waals surface area contributed by atoms with Crippen molar-refractivity contribution in [2.24, 2.45) is 56.4 Å². The molecule has 11 aromatic rings. The number of nitrogens with zero attached hydrogens (tertiary/aromatic N) is 15. The largest absolute Gasteiger partial charge is 0.435 e. The molecule has 0 unspecified atom stereocenters. The molecule has 16 nitrogen and oxygen atoms in total. The van der Waals surface area contributed by atoms with Gasteiger partial charge in [0.1, 0.15) is 18.3 Å². The minimum Gasteiger partial charge on any atom is -0.385 e. The van der Waals surface area contributed by atoms with Gasteiger partial charge in [0, 0.05) is 142 Å². The van der Waals surface area contributed by atoms with E-state index >= 15 is 0 Å². The maximum Gasteiger partial charge on any atom is 0.435 e. The Morgan fingerprint density at radius 1 is 0.586 bits per heavy atom. The number of thioether (sulfide) groups is 3. The Labute approximate surface area is 625 Å². The Hall–Kier alpha value is -6.05. The van der Waals surface area contributed by atoms with Gasteiger partial charge in [-0.15, -0.1) is 33.6 Å². The number of fused-ring (bicyclic) bond motifs is 2. The highest BCUT2D eigenvalue weighted by molar-refractivity contribution is 14.1. The fourth-order valence-electron chi connectivity index (χ4n) is 6.39. The van der Waals surface area contributed by atoms with Gasteiger partial charge in [-0.05, 0) is 133 Å². The number of hydrogen-bond acceptors (Lipinski definition) is 11. The Morgan fingerprint density at radius 3 is 1.41 bits per heavy atom. The molecule has 29 heteroatoms. The summed E-state index contributed by atoms with van der Waals surface area (Å²) < 4.78 is 99.7. The van der Waals surface area contributed by atoms with Crippen LogP contribution in [0.5, 0.6) is 0 Å². The zero-order valence-corrected chi connectivity index (χ0v) is 68.7. The first-order valence-electron chi connectivity index (χ1n) is 30.5. The Kier molecular flexibility index (Phi) is 68.2. The van der Waals surface area contributed by atoms with Crippen molar-refractivity contribution in [3.63, 3.8) is 0 Å². The third-order valence-electron chi connectivity index (χ3n) is 11.5. The molecule has 0 fully saturated rings. The summed E-state index contributed by atoms with van der Waals surface area (Å²) in [7, 11) is 16.7. The van der Waals surface area contributed by atoms with Crippen molar-refractivity contribution in [3.05, 3.63) is 207 Å². The summed E-state index contributed by atoms with van der Waals surface area (Å²) in [4.78, 5) is 11.3. The highest BCUT2D eigenvalue weighted by atomic mass is 127. The first-order chi connectivity index (χ1) is 47.2. The predicted molar refractivity (Wildman–Crippen MR) is 423 cm³/mol. The average Bonchev–Trinajstić information content (AvgIpc) is 1.68. The molecule has 0 saturated heterocycles. The van der Waals surface area contributed by atoms with E-state index in [1.807, 2.05) is 195 Å². The van der Waals surface area contributed by atoms with Crippen LogP contribution in [-0.2, 0) is 73.5 Å². The molecule has 0 N–H and O–H groups in total. The molecule has 99 heavy (non-hydrogen) atoms. The third-order valence-corrected chi connectivity index (χ3v) is 13.9. The molecule has 0 aliphatic rings. The Balaban J connectivity index is -0.000000325. The number of rotatable bonds is 8. The third kappa shape index (κ3) is 55.3. The fraction of sp³-hybridized carbons (Fsp3) is 0.443. The lowest BCUT2D eigenvalue weighted by Gasteiger charge is -2.04. The van der Waals surface area contributed by atoms with E-state index in [1.54, 1.807) is 59.5 Å². The quantitative estimate of drug-likeness (QED) is 0.0472. The minimum atomic E-state index is -4.86. The van der Waals surface area contributed by atoms with Crippen molar-refractivity contribution in [1.29, 1.82) is 0 Å². The first kappa shape index (κ1) is 102. The van der Waals surface area contributed by atoms with Gasteiger partial charge in [0.25, 0.3) is 0 Å². The number of imidazole rings is 2. The topological polar surface area (TPSA) is 139 Å². The van der Waals surface area contributed by atoms with Crippen molar-refractivity contribution < 1.29 is 35.5 Å². The van der Waals surface area contributed by atoms with Crippen molar-refractivity contribution >= 4 is 107 Å². The highest BCUT2D eigenvalue weighted by Crippen LogP contribution is 2.34. The molecule has 3 aromatic carbocycles. The molecule has 0 amide bonds. The number of hydrogen-bond donors (Lipinski definition) is 0. The standard InChI is InChI=1S/C9H9N.C8H8N2.C7H8S.C6H4F6N2.C6H10N2.C5H7N.C5H12O.C5H12S.2C4H6N2.C4H10S.C3H5N3.CH3Br.CH3Cl.CH3F.CH3I/c1-10-7-6-8-4-2-3-5-9(8)10;1-10-6-9-7-4-2-3-5-8(7)10;1-8-7-5-3-2-4-6-7;1-14-4(6(10,11)12)2-3(13-14)5(7,8)9;1-5-4-6(2)8(3)7-5;1-6-4-2-3-5-6;2*1-3-4-5-6-2;1-6-3-2-5-4-6;1-6-4-2-3-5-6;1-4(2)5-3;1-6-2-4-5-3-6;4*1-2/h2-7H,1H3;2-6H,1H3;2-6H,1H3;2H,1H3;4H,1-3H3;2-5H,1H3;2*3-5H2,1-2H3;2*2-4H,1H3;4H,1-3H3;2-3H,1H3;4*1H3. The van der Waals surface area contributed by atoms with E-state index < -0.39 is 23.7 Å². The second kappa shape index (κ2) is 66.5. The molecule has 11 rings (SSSR count). The lowest BCUT2D eigenvalue weighted by Crippen LogP contribution is -2.11. The number of alkyl halides is 10. The van der Waals surface area contributed by atoms with Crippen LogP contribution >= 0.6 is 85.4 Å². The average molecular weight is 1650 g/mol. The molecular weight excluding hydrogens is 1540 g/mol. The van der Waals surface area contributed by atoms with Crippen LogP contribution in [0.4, 0.5) is 30.7 Å². The molecule has 558 valence electrons. The summed E-state index contributed by atoms with van der Waals surface area (Å²) in [5.74, 6) is 3.14. The molecule has 0 saturated carbocycles. The Morgan fingerprint density at radius 2 is 1.13 bits per heavy atom. The molecule has 0 bridgehead atoms. The summed E-state index contributed by atoms with van der Waals surface area (Å²) in [6, 6.07) is 36.8. The zero-order chi connectivity index (χ0) is 76.6. The highest BCUT2D eigenvalue weighted by Gasteiger charge is 2.41. The van der Waals surface area contributed by atoms with Gasteiger partial charge >= 0.3 is 12.4 Å². The van der Waals surface area contributed by atoms with E-state index in [4.69, 9.17) is 4.74 Å². The van der Waals surface area contributed by atoms with E-state index in [0.29, 0.717) is 7.18 Å². The Bertz CT molecular complexity index is 3170. The van der Waals surface area contributed by atoms with Crippen LogP contribution in [0, 0.1) is 13.8 Å². The van der Waals surface area contributed by atoms with E-state index in [1.165, 1.54) is 64.8 Å². The van der Waals surface area contributed by atoms with E-state index in [0.717, 1.165) is 30.1 Å². The van der Waals surface area contributed by atoms with Crippen molar-refractivity contribution in [2.75, 3.05) is 62.6 Å². The zero-order valence-electron chi connectivity index (χ0n) is 61.8. The summed E-state index contributed by atoms with van der Waals surface area (Å²) in [5.41, 5.74) is 2.86. The minimum absolute atomic E-state index is 0.0278. The van der Waals surface area contributed by atoms with Crippen LogP contribution < -0.4 is 0 Å². The van der Waals surface area contributed by atoms with Gasteiger partial charge in [0.05, 0.1) is 36.6 Å². The molecular formula is C70H109BrClF7IN15OS3. The number of para-hydroxylation sites is 3. The molecule has 0 radical (unpaired) electrons. The molecule has 8 heterocycles. The smallest absolute Gasteiger partial charge is 0.385 e. The van der Waals surface area contributed by atoms with Crippen LogP contribution in [0.2, 0.25) is 0 Å². The van der Waals surface area contributed by atoms with Gasteiger partial charge in [0.15, 0.2) is 5.69 Å². The van der Waals surface area contributed by atoms with E-state index in [-0.39, 0.29) is 10.7 Å². The monoisotopic (exact) mass is 1650 g/mol. The van der Waals surface area contributed by atoms with Crippen molar-refractivity contribution in [1.82, 2.24) is 72.3 Å². The molecule has 0 aliphatic heterocycles. The maximum absolute atomic E-state index is 12.0. The SMILES string of the molecule is CBr.CCCCOC.CCCCSC.CCl.CF.CI.CSC(C)C.CSc1ccccc1.Cc1cc(C)n(C)n1.Cn1ccc2ccccc21.Cn1cccc1.Cn1cccn1.Cn1ccnc1.Cn1cnc2ccccc21.Cn1cnnc1.Cn1nc(C(F)(F)F)cc1C(F)(F)F. The molecule has 0 aliphatic carbocycles. The van der Waals surface area contributed by atoms with Crippen LogP contribution in [0.1, 0.15) is 76.2 Å². The van der Waals surface area contributed by atoms with Crippen molar-refractivity contribution in [3.8, 4) is 0 Å². The molecule has 0 atom stereocenters. The predicted octanol–water partition coefficient (Wildman–Crippen LogP) is 20.2. The van der Waals surface area contributed by atoms with Crippen LogP contribution in [0.15, 0.2) is 189 Å². The summed E-state index contributed by atoms with van der Waals surface area (Å²) in [5, 5.41) is 19.9. The second-order valence-corrected chi connectivity index (χ2v) is 23.1. The van der Waals surface area contributed by atoms with Gasteiger partial charge in [0.2, 0.25) is 0 Å². The van der Waals surface area contributed by atoms with Crippen molar-refractivity contribution in [2.45, 2.75) is 89.7 Å². The number of halogens is 10. The number of ether oxygens (including phenoxy) is 1. The van der Waals surface area contributed by atoms with Crippen LogP contribution in [0.3, 0.4) is 0 Å². The van der Waals surface area contributed by atoms with Gasteiger partial charge < -0.3 is 27.6 Å². The normalized spacial score (nSPS) is 9.51. The van der Waals surface area contributed by atoms with Gasteiger partial charge in [-0.1, -0.05) is 128 Å². The first-order valence-corrected chi connectivity index (χ1v) is 38.9. The number of methoxy groups -OCH3 is 1. The summed E-state index contributed by atoms with van der Waals surface area (Å²) >= 11 is 15.3.